The van der Waals surface area contributed by atoms with Gasteiger partial charge in [0.05, 0.1) is 5.56 Å². The summed E-state index contributed by atoms with van der Waals surface area (Å²) in [5.74, 6) is -1.41. The molecule has 8 heteroatoms. The van der Waals surface area contributed by atoms with Crippen LogP contribution in [0.5, 0.6) is 0 Å². The Morgan fingerprint density at radius 1 is 1.14 bits per heavy atom. The Labute approximate surface area is 125 Å². The predicted octanol–water partition coefficient (Wildman–Crippen LogP) is 3.36. The lowest BCUT2D eigenvalue weighted by atomic mass is 10.0. The number of halogens is 3. The summed E-state index contributed by atoms with van der Waals surface area (Å²) in [5, 5.41) is 11.2. The van der Waals surface area contributed by atoms with Gasteiger partial charge in [0, 0.05) is 0 Å². The van der Waals surface area contributed by atoms with Gasteiger partial charge in [0.2, 0.25) is 0 Å². The molecule has 22 heavy (non-hydrogen) atoms. The highest BCUT2D eigenvalue weighted by Gasteiger charge is 2.31. The first-order valence-electron chi connectivity index (χ1n) is 6.29. The Morgan fingerprint density at radius 2 is 1.64 bits per heavy atom. The van der Waals surface area contributed by atoms with Crippen molar-refractivity contribution in [3.8, 4) is 0 Å². The number of carboxylic acid groups (broad SMARTS) is 1. The first-order valence-corrected chi connectivity index (χ1v) is 6.29. The number of carbonyl (C=O) groups is 2. The first kappa shape index (κ1) is 17.8. The van der Waals surface area contributed by atoms with Crippen LogP contribution >= 0.6 is 0 Å². The maximum atomic E-state index is 12.5. The number of rotatable bonds is 3. The van der Waals surface area contributed by atoms with E-state index in [0.717, 1.165) is 24.3 Å². The predicted molar refractivity (Wildman–Crippen MR) is 71.2 cm³/mol. The summed E-state index contributed by atoms with van der Waals surface area (Å²) in [4.78, 5) is 22.8. The van der Waals surface area contributed by atoms with Crippen molar-refractivity contribution >= 4 is 12.1 Å². The normalized spacial score (nSPS) is 13.4. The molecule has 1 aromatic rings. The molecule has 5 nitrogen and oxygen atoms in total. The summed E-state index contributed by atoms with van der Waals surface area (Å²) in [6.07, 6.45) is -5.49. The third kappa shape index (κ3) is 5.27. The van der Waals surface area contributed by atoms with Gasteiger partial charge in [-0.25, -0.2) is 9.59 Å². The Hall–Kier alpha value is -2.25. The number of alkyl carbamates (subject to hydrolysis) is 1. The van der Waals surface area contributed by atoms with Gasteiger partial charge in [0.1, 0.15) is 5.60 Å². The van der Waals surface area contributed by atoms with Crippen LogP contribution < -0.4 is 5.32 Å². The molecule has 2 N–H and O–H groups in total. The van der Waals surface area contributed by atoms with Gasteiger partial charge in [-0.05, 0) is 38.5 Å². The molecular weight excluding hydrogens is 303 g/mol. The number of aliphatic carboxylic acids is 1. The number of alkyl halides is 3. The largest absolute Gasteiger partial charge is 0.479 e. The van der Waals surface area contributed by atoms with Crippen molar-refractivity contribution in [3.05, 3.63) is 35.4 Å². The summed E-state index contributed by atoms with van der Waals surface area (Å²) >= 11 is 0. The Bertz CT molecular complexity index is 547. The summed E-state index contributed by atoms with van der Waals surface area (Å²) in [5.41, 5.74) is -1.73. The monoisotopic (exact) mass is 319 g/mol. The third-order valence-corrected chi connectivity index (χ3v) is 2.48. The molecule has 0 heterocycles. The van der Waals surface area contributed by atoms with Crippen LogP contribution in [0.3, 0.4) is 0 Å². The van der Waals surface area contributed by atoms with E-state index in [2.05, 4.69) is 5.32 Å². The summed E-state index contributed by atoms with van der Waals surface area (Å²) in [6, 6.07) is 2.00. The number of hydrogen-bond donors (Lipinski definition) is 2. The van der Waals surface area contributed by atoms with Crippen molar-refractivity contribution in [3.63, 3.8) is 0 Å². The fourth-order valence-electron chi connectivity index (χ4n) is 1.58. The zero-order valence-electron chi connectivity index (χ0n) is 12.2. The minimum atomic E-state index is -4.52. The molecule has 1 rings (SSSR count). The van der Waals surface area contributed by atoms with E-state index in [0.29, 0.717) is 0 Å². The van der Waals surface area contributed by atoms with Crippen molar-refractivity contribution in [1.82, 2.24) is 5.32 Å². The smallest absolute Gasteiger partial charge is 0.416 e. The lowest BCUT2D eigenvalue weighted by Crippen LogP contribution is -2.38. The fraction of sp³-hybridized carbons (Fsp3) is 0.429. The zero-order chi connectivity index (χ0) is 17.1. The number of carboxylic acids is 1. The maximum absolute atomic E-state index is 12.5. The van der Waals surface area contributed by atoms with Crippen LogP contribution in [0.2, 0.25) is 0 Å². The van der Waals surface area contributed by atoms with Crippen LogP contribution in [-0.2, 0) is 15.7 Å². The lowest BCUT2D eigenvalue weighted by molar-refractivity contribution is -0.139. The van der Waals surface area contributed by atoms with E-state index in [1.54, 1.807) is 20.8 Å². The number of nitrogens with one attached hydrogen (secondary N) is 1. The van der Waals surface area contributed by atoms with Crippen LogP contribution in [0, 0.1) is 0 Å². The second kappa shape index (κ2) is 6.25. The zero-order valence-corrected chi connectivity index (χ0v) is 12.2. The van der Waals surface area contributed by atoms with Gasteiger partial charge < -0.3 is 15.2 Å². The first-order chi connectivity index (χ1) is 9.90. The Balaban J connectivity index is 2.93. The van der Waals surface area contributed by atoms with E-state index in [1.165, 1.54) is 0 Å². The number of benzene rings is 1. The maximum Gasteiger partial charge on any atom is 0.416 e. The van der Waals surface area contributed by atoms with Crippen LogP contribution in [0.15, 0.2) is 24.3 Å². The highest BCUT2D eigenvalue weighted by atomic mass is 19.4. The number of amides is 1. The standard InChI is InChI=1S/C14H16F3NO4/c1-13(2,3)22-12(21)18-10(11(19)20)8-4-6-9(7-5-8)14(15,16)17/h4-7,10H,1-3H3,(H,18,21)(H,19,20)/t10-/m1/s1. The molecule has 0 saturated heterocycles. The van der Waals surface area contributed by atoms with Crippen molar-refractivity contribution in [1.29, 1.82) is 0 Å². The molecule has 1 amide bonds. The highest BCUT2D eigenvalue weighted by Crippen LogP contribution is 2.30. The lowest BCUT2D eigenvalue weighted by Gasteiger charge is -2.22. The topological polar surface area (TPSA) is 75.6 Å². The average Bonchev–Trinajstić information content (AvgIpc) is 2.32. The van der Waals surface area contributed by atoms with Crippen LogP contribution in [0.4, 0.5) is 18.0 Å². The van der Waals surface area contributed by atoms with E-state index in [1.807, 2.05) is 0 Å². The second-order valence-corrected chi connectivity index (χ2v) is 5.54. The van der Waals surface area contributed by atoms with Gasteiger partial charge in [-0.2, -0.15) is 13.2 Å². The molecule has 1 atom stereocenters. The Morgan fingerprint density at radius 3 is 2.00 bits per heavy atom. The van der Waals surface area contributed by atoms with Crippen molar-refractivity contribution in [2.24, 2.45) is 0 Å². The van der Waals surface area contributed by atoms with Gasteiger partial charge in [-0.3, -0.25) is 0 Å². The van der Waals surface area contributed by atoms with Crippen molar-refractivity contribution in [2.45, 2.75) is 38.6 Å². The summed E-state index contributed by atoms with van der Waals surface area (Å²) in [6.45, 7) is 4.79. The molecule has 0 fully saturated rings. The minimum Gasteiger partial charge on any atom is -0.479 e. The van der Waals surface area contributed by atoms with Gasteiger partial charge in [0.25, 0.3) is 0 Å². The molecule has 1 aromatic carbocycles. The average molecular weight is 319 g/mol. The molecule has 0 spiro atoms. The quantitative estimate of drug-likeness (QED) is 0.896. The Kier molecular flexibility index (Phi) is 5.05. The molecule has 0 aliphatic rings. The molecule has 0 aliphatic carbocycles. The summed E-state index contributed by atoms with van der Waals surface area (Å²) < 4.78 is 42.3. The second-order valence-electron chi connectivity index (χ2n) is 5.54. The molecule has 0 aliphatic heterocycles. The van der Waals surface area contributed by atoms with Crippen LogP contribution in [0.1, 0.15) is 37.9 Å². The molecular formula is C14H16F3NO4. The minimum absolute atomic E-state index is 0.00589. The van der Waals surface area contributed by atoms with E-state index >= 15 is 0 Å². The molecule has 0 radical (unpaired) electrons. The van der Waals surface area contributed by atoms with E-state index in [9.17, 15) is 22.8 Å². The van der Waals surface area contributed by atoms with Gasteiger partial charge >= 0.3 is 18.2 Å². The van der Waals surface area contributed by atoms with E-state index in [4.69, 9.17) is 9.84 Å². The highest BCUT2D eigenvalue weighted by molar-refractivity contribution is 5.81. The van der Waals surface area contributed by atoms with Gasteiger partial charge in [-0.1, -0.05) is 12.1 Å². The van der Waals surface area contributed by atoms with Gasteiger partial charge in [-0.15, -0.1) is 0 Å². The van der Waals surface area contributed by atoms with Crippen LogP contribution in [0.25, 0.3) is 0 Å². The number of ether oxygens (including phenoxy) is 1. The van der Waals surface area contributed by atoms with Crippen molar-refractivity contribution in [2.75, 3.05) is 0 Å². The molecule has 0 aromatic heterocycles. The van der Waals surface area contributed by atoms with E-state index < -0.39 is 35.4 Å². The molecule has 0 bridgehead atoms. The fourth-order valence-corrected chi connectivity index (χ4v) is 1.58. The SMILES string of the molecule is CC(C)(C)OC(=O)N[C@@H](C(=O)O)c1ccc(C(F)(F)F)cc1. The molecule has 0 saturated carbocycles. The van der Waals surface area contributed by atoms with Crippen LogP contribution in [-0.4, -0.2) is 22.8 Å². The van der Waals surface area contributed by atoms with Crippen molar-refractivity contribution < 1.29 is 32.6 Å². The number of hydrogen-bond acceptors (Lipinski definition) is 3. The number of carbonyl (C=O) groups excluding carboxylic acids is 1. The molecule has 0 unspecified atom stereocenters. The summed E-state index contributed by atoms with van der Waals surface area (Å²) in [7, 11) is 0. The third-order valence-electron chi connectivity index (χ3n) is 2.48. The van der Waals surface area contributed by atoms with Gasteiger partial charge in [0.15, 0.2) is 6.04 Å². The molecule has 122 valence electrons. The van der Waals surface area contributed by atoms with E-state index in [-0.39, 0.29) is 5.56 Å².